The van der Waals surface area contributed by atoms with Crippen molar-refractivity contribution in [3.63, 3.8) is 0 Å². The first-order valence-corrected chi connectivity index (χ1v) is 7.21. The number of hydrogen-bond acceptors (Lipinski definition) is 5. The molecule has 3 rings (SSSR count). The van der Waals surface area contributed by atoms with Crippen LogP contribution in [0.2, 0.25) is 0 Å². The predicted octanol–water partition coefficient (Wildman–Crippen LogP) is 0.856. The highest BCUT2D eigenvalue weighted by atomic mass is 35.5. The minimum Gasteiger partial charge on any atom is -0.366 e. The van der Waals surface area contributed by atoms with Crippen LogP contribution in [0.25, 0.3) is 0 Å². The monoisotopic (exact) mass is 351 g/mol. The van der Waals surface area contributed by atoms with Gasteiger partial charge in [0, 0.05) is 6.54 Å². The average Bonchev–Trinajstić information content (AvgIpc) is 3.18. The Morgan fingerprint density at radius 1 is 1.45 bits per heavy atom. The number of rotatable bonds is 5. The van der Waals surface area contributed by atoms with E-state index >= 15 is 0 Å². The van der Waals surface area contributed by atoms with E-state index in [0.717, 1.165) is 18.3 Å². The van der Waals surface area contributed by atoms with E-state index in [1.807, 2.05) is 11.8 Å². The number of aryl methyl sites for hydroxylation is 1. The van der Waals surface area contributed by atoms with Crippen LogP contribution in [-0.2, 0) is 9.53 Å². The largest absolute Gasteiger partial charge is 0.366 e. The number of nitrogens with zero attached hydrogens (tertiary/aromatic N) is 3. The maximum atomic E-state index is 12.1. The SMILES string of the molecule is Cc1nc(C2CN(C(=O)CNCC3CC3)CCO2)n[nH]1.Cl.Cl. The number of morpholine rings is 1. The number of ether oxygens (including phenoxy) is 1. The predicted molar refractivity (Wildman–Crippen MR) is 86.5 cm³/mol. The quantitative estimate of drug-likeness (QED) is 0.821. The van der Waals surface area contributed by atoms with Crippen molar-refractivity contribution >= 4 is 30.7 Å². The molecule has 0 aromatic carbocycles. The number of carbonyl (C=O) groups is 1. The molecule has 0 bridgehead atoms. The molecule has 1 aromatic heterocycles. The third-order valence-electron chi connectivity index (χ3n) is 3.73. The van der Waals surface area contributed by atoms with Crippen molar-refractivity contribution in [2.75, 3.05) is 32.8 Å². The number of halogens is 2. The fraction of sp³-hybridized carbons (Fsp3) is 0.769. The van der Waals surface area contributed by atoms with Gasteiger partial charge in [-0.25, -0.2) is 4.98 Å². The van der Waals surface area contributed by atoms with Gasteiger partial charge < -0.3 is 15.0 Å². The lowest BCUT2D eigenvalue weighted by Crippen LogP contribution is -2.46. The van der Waals surface area contributed by atoms with Gasteiger partial charge in [-0.05, 0) is 32.2 Å². The van der Waals surface area contributed by atoms with E-state index in [2.05, 4.69) is 20.5 Å². The van der Waals surface area contributed by atoms with Crippen LogP contribution >= 0.6 is 24.8 Å². The van der Waals surface area contributed by atoms with Crippen molar-refractivity contribution in [3.05, 3.63) is 11.6 Å². The molecule has 2 fully saturated rings. The standard InChI is InChI=1S/C13H21N5O2.2ClH/c1-9-15-13(17-16-9)11-8-18(4-5-20-11)12(19)7-14-6-10-2-3-10;;/h10-11,14H,2-8H2,1H3,(H,15,16,17);2*1H. The normalized spacial score (nSPS) is 21.0. The molecule has 1 aliphatic carbocycles. The van der Waals surface area contributed by atoms with Gasteiger partial charge in [-0.1, -0.05) is 0 Å². The molecule has 7 nitrogen and oxygen atoms in total. The zero-order valence-corrected chi connectivity index (χ0v) is 14.2. The molecule has 1 aliphatic heterocycles. The van der Waals surface area contributed by atoms with Crippen molar-refractivity contribution in [3.8, 4) is 0 Å². The number of carbonyl (C=O) groups excluding carboxylic acids is 1. The van der Waals surface area contributed by atoms with E-state index in [0.29, 0.717) is 32.1 Å². The van der Waals surface area contributed by atoms with Gasteiger partial charge in [0.25, 0.3) is 0 Å². The van der Waals surface area contributed by atoms with Crippen molar-refractivity contribution in [2.24, 2.45) is 5.92 Å². The van der Waals surface area contributed by atoms with Crippen LogP contribution in [0, 0.1) is 12.8 Å². The molecule has 1 saturated carbocycles. The molecular formula is C13H23Cl2N5O2. The molecule has 22 heavy (non-hydrogen) atoms. The van der Waals surface area contributed by atoms with Crippen molar-refractivity contribution in [1.82, 2.24) is 25.4 Å². The van der Waals surface area contributed by atoms with E-state index in [-0.39, 0.29) is 36.8 Å². The second kappa shape index (κ2) is 8.67. The maximum absolute atomic E-state index is 12.1. The van der Waals surface area contributed by atoms with Crippen LogP contribution in [0.15, 0.2) is 0 Å². The first-order chi connectivity index (χ1) is 9.72. The first-order valence-electron chi connectivity index (χ1n) is 7.21. The zero-order chi connectivity index (χ0) is 13.9. The summed E-state index contributed by atoms with van der Waals surface area (Å²) < 4.78 is 5.65. The van der Waals surface area contributed by atoms with Gasteiger partial charge in [-0.15, -0.1) is 24.8 Å². The van der Waals surface area contributed by atoms with E-state index in [9.17, 15) is 4.79 Å². The summed E-state index contributed by atoms with van der Waals surface area (Å²) in [6.07, 6.45) is 2.37. The lowest BCUT2D eigenvalue weighted by molar-refractivity contribution is -0.138. The summed E-state index contributed by atoms with van der Waals surface area (Å²) in [4.78, 5) is 18.3. The van der Waals surface area contributed by atoms with Gasteiger partial charge in [0.1, 0.15) is 11.9 Å². The van der Waals surface area contributed by atoms with E-state index in [4.69, 9.17) is 4.74 Å². The highest BCUT2D eigenvalue weighted by molar-refractivity contribution is 5.85. The Balaban J connectivity index is 0.00000121. The topological polar surface area (TPSA) is 83.1 Å². The van der Waals surface area contributed by atoms with Crippen molar-refractivity contribution in [1.29, 1.82) is 0 Å². The second-order valence-corrected chi connectivity index (χ2v) is 5.55. The summed E-state index contributed by atoms with van der Waals surface area (Å²) >= 11 is 0. The number of amides is 1. The van der Waals surface area contributed by atoms with Crippen LogP contribution in [0.4, 0.5) is 0 Å². The highest BCUT2D eigenvalue weighted by Gasteiger charge is 2.28. The molecule has 1 unspecified atom stereocenters. The van der Waals surface area contributed by atoms with Gasteiger partial charge in [0.2, 0.25) is 5.91 Å². The Kier molecular flexibility index (Phi) is 7.55. The summed E-state index contributed by atoms with van der Waals surface area (Å²) in [7, 11) is 0. The summed E-state index contributed by atoms with van der Waals surface area (Å²) in [5.74, 6) is 2.31. The molecule has 2 aliphatic rings. The lowest BCUT2D eigenvalue weighted by atomic mass is 10.2. The minimum atomic E-state index is -0.221. The van der Waals surface area contributed by atoms with Gasteiger partial charge in [0.15, 0.2) is 5.82 Å². The molecule has 2 heterocycles. The molecule has 0 radical (unpaired) electrons. The maximum Gasteiger partial charge on any atom is 0.236 e. The molecule has 1 saturated heterocycles. The van der Waals surface area contributed by atoms with E-state index < -0.39 is 0 Å². The Morgan fingerprint density at radius 3 is 2.86 bits per heavy atom. The van der Waals surface area contributed by atoms with Crippen molar-refractivity contribution in [2.45, 2.75) is 25.9 Å². The number of H-pyrrole nitrogens is 1. The summed E-state index contributed by atoms with van der Waals surface area (Å²) in [5.41, 5.74) is 0. The van der Waals surface area contributed by atoms with Gasteiger partial charge in [-0.2, -0.15) is 5.10 Å². The highest BCUT2D eigenvalue weighted by Crippen LogP contribution is 2.27. The molecule has 1 aromatic rings. The number of aromatic amines is 1. The molecule has 2 N–H and O–H groups in total. The van der Waals surface area contributed by atoms with Crippen LogP contribution < -0.4 is 5.32 Å². The van der Waals surface area contributed by atoms with Crippen LogP contribution in [-0.4, -0.2) is 58.8 Å². The Bertz CT molecular complexity index is 481. The first kappa shape index (κ1) is 19.2. The average molecular weight is 352 g/mol. The van der Waals surface area contributed by atoms with Gasteiger partial charge >= 0.3 is 0 Å². The van der Waals surface area contributed by atoms with E-state index in [1.54, 1.807) is 0 Å². The van der Waals surface area contributed by atoms with Crippen molar-refractivity contribution < 1.29 is 9.53 Å². The fourth-order valence-electron chi connectivity index (χ4n) is 2.35. The number of aromatic nitrogens is 3. The second-order valence-electron chi connectivity index (χ2n) is 5.55. The zero-order valence-electron chi connectivity index (χ0n) is 12.6. The van der Waals surface area contributed by atoms with Crippen LogP contribution in [0.5, 0.6) is 0 Å². The third kappa shape index (κ3) is 5.08. The molecule has 126 valence electrons. The number of nitrogens with one attached hydrogen (secondary N) is 2. The molecular weight excluding hydrogens is 329 g/mol. The Morgan fingerprint density at radius 2 is 2.23 bits per heavy atom. The molecule has 1 amide bonds. The molecule has 9 heteroatoms. The third-order valence-corrected chi connectivity index (χ3v) is 3.73. The van der Waals surface area contributed by atoms with Crippen LogP contribution in [0.3, 0.4) is 0 Å². The number of hydrogen-bond donors (Lipinski definition) is 2. The molecule has 1 atom stereocenters. The summed E-state index contributed by atoms with van der Waals surface area (Å²) in [5, 5.41) is 10.2. The smallest absolute Gasteiger partial charge is 0.236 e. The van der Waals surface area contributed by atoms with E-state index in [1.165, 1.54) is 12.8 Å². The van der Waals surface area contributed by atoms with Crippen LogP contribution in [0.1, 0.15) is 30.6 Å². The van der Waals surface area contributed by atoms with Gasteiger partial charge in [0.05, 0.1) is 19.7 Å². The Labute approximate surface area is 142 Å². The Hall–Kier alpha value is -0.890. The fourth-order valence-corrected chi connectivity index (χ4v) is 2.35. The summed E-state index contributed by atoms with van der Waals surface area (Å²) in [6.45, 7) is 4.93. The molecule has 0 spiro atoms. The summed E-state index contributed by atoms with van der Waals surface area (Å²) in [6, 6.07) is 0. The minimum absolute atomic E-state index is 0. The lowest BCUT2D eigenvalue weighted by Gasteiger charge is -2.31. The van der Waals surface area contributed by atoms with Gasteiger partial charge in [-0.3, -0.25) is 9.89 Å².